The smallest absolute Gasteiger partial charge is 0.372 e. The molecule has 1 aliphatic rings. The van der Waals surface area contributed by atoms with E-state index < -0.39 is 41.5 Å². The van der Waals surface area contributed by atoms with Gasteiger partial charge >= 0.3 is 12.4 Å². The van der Waals surface area contributed by atoms with Crippen LogP contribution in [-0.2, 0) is 23.6 Å². The first-order chi connectivity index (χ1) is 18.2. The lowest BCUT2D eigenvalue weighted by molar-refractivity contribution is -0.143. The maximum atomic E-state index is 13.1. The number of nitrogens with one attached hydrogen (secondary N) is 1. The highest BCUT2D eigenvalue weighted by atomic mass is 19.4. The van der Waals surface area contributed by atoms with E-state index in [1.54, 1.807) is 4.90 Å². The summed E-state index contributed by atoms with van der Waals surface area (Å²) < 4.78 is 85.4. The number of hydrogen-bond donors (Lipinski definition) is 1. The highest BCUT2D eigenvalue weighted by Crippen LogP contribution is 2.36. The zero-order valence-electron chi connectivity index (χ0n) is 20.4. The normalized spacial score (nSPS) is 18.2. The highest BCUT2D eigenvalue weighted by molar-refractivity contribution is 5.94. The number of ether oxygens (including phenoxy) is 1. The number of carbonyl (C=O) groups is 2. The minimum atomic E-state index is -5.10. The molecule has 2 aromatic heterocycles. The summed E-state index contributed by atoms with van der Waals surface area (Å²) in [5.74, 6) is -1.38. The van der Waals surface area contributed by atoms with Gasteiger partial charge in [0.05, 0.1) is 42.3 Å². The van der Waals surface area contributed by atoms with Crippen LogP contribution in [-0.4, -0.2) is 66.7 Å². The lowest BCUT2D eigenvalue weighted by Gasteiger charge is -2.35. The topological polar surface area (TPSA) is 115 Å². The van der Waals surface area contributed by atoms with Crippen molar-refractivity contribution in [3.05, 3.63) is 65.1 Å². The summed E-state index contributed by atoms with van der Waals surface area (Å²) in [6.45, 7) is 4.05. The molecule has 1 N–H and O–H groups in total. The molecule has 0 spiro atoms. The van der Waals surface area contributed by atoms with Crippen LogP contribution < -0.4 is 5.32 Å². The zero-order chi connectivity index (χ0) is 28.5. The van der Waals surface area contributed by atoms with Crippen LogP contribution in [0, 0.1) is 0 Å². The van der Waals surface area contributed by atoms with Crippen LogP contribution in [0.5, 0.6) is 0 Å². The van der Waals surface area contributed by atoms with E-state index in [1.165, 1.54) is 12.4 Å². The number of alkyl halides is 6. The van der Waals surface area contributed by atoms with Crippen LogP contribution in [0.3, 0.4) is 0 Å². The molecule has 2 atom stereocenters. The number of hydrogen-bond acceptors (Lipinski definition) is 7. The van der Waals surface area contributed by atoms with Gasteiger partial charge in [0.1, 0.15) is 12.0 Å². The number of aromatic nitrogens is 5. The quantitative estimate of drug-likeness (QED) is 0.479. The predicted octanol–water partition coefficient (Wildman–Crippen LogP) is 3.27. The monoisotopic (exact) mass is 557 g/mol. The maximum Gasteiger partial charge on any atom is 0.416 e. The molecule has 0 unspecified atom stereocenters. The van der Waals surface area contributed by atoms with Gasteiger partial charge in [-0.15, -0.1) is 0 Å². The van der Waals surface area contributed by atoms with Gasteiger partial charge in [0.2, 0.25) is 0 Å². The van der Waals surface area contributed by atoms with E-state index in [0.29, 0.717) is 25.2 Å². The fraction of sp³-hybridized carbons (Fsp3) is 0.391. The maximum absolute atomic E-state index is 13.1. The molecule has 208 valence electrons. The van der Waals surface area contributed by atoms with Gasteiger partial charge in [0, 0.05) is 18.7 Å². The number of amides is 2. The Labute approximate surface area is 217 Å². The fourth-order valence-corrected chi connectivity index (χ4v) is 3.97. The van der Waals surface area contributed by atoms with E-state index in [4.69, 9.17) is 4.74 Å². The molecule has 1 aromatic carbocycles. The summed E-state index contributed by atoms with van der Waals surface area (Å²) in [7, 11) is 0. The third kappa shape index (κ3) is 6.50. The molecular weight excluding hydrogens is 536 g/mol. The Balaban J connectivity index is 1.48. The van der Waals surface area contributed by atoms with Crippen LogP contribution in [0.2, 0.25) is 0 Å². The summed E-state index contributed by atoms with van der Waals surface area (Å²) in [5.41, 5.74) is -3.99. The Morgan fingerprint density at radius 1 is 0.949 bits per heavy atom. The van der Waals surface area contributed by atoms with Gasteiger partial charge in [-0.2, -0.15) is 36.1 Å². The Morgan fingerprint density at radius 3 is 2.10 bits per heavy atom. The van der Waals surface area contributed by atoms with Gasteiger partial charge in [0.15, 0.2) is 11.6 Å². The summed E-state index contributed by atoms with van der Waals surface area (Å²) in [6, 6.07) is 0.583. The van der Waals surface area contributed by atoms with Crippen molar-refractivity contribution in [1.82, 2.24) is 34.9 Å². The highest BCUT2D eigenvalue weighted by Gasteiger charge is 2.37. The second kappa shape index (κ2) is 10.6. The van der Waals surface area contributed by atoms with E-state index in [2.05, 4.69) is 25.4 Å². The van der Waals surface area contributed by atoms with Crippen molar-refractivity contribution < 1.29 is 40.7 Å². The predicted molar refractivity (Wildman–Crippen MR) is 120 cm³/mol. The summed E-state index contributed by atoms with van der Waals surface area (Å²) >= 11 is 0. The van der Waals surface area contributed by atoms with Gasteiger partial charge in [-0.1, -0.05) is 0 Å². The van der Waals surface area contributed by atoms with Crippen molar-refractivity contribution in [2.24, 2.45) is 0 Å². The number of rotatable bonds is 5. The van der Waals surface area contributed by atoms with E-state index in [-0.39, 0.29) is 41.5 Å². The Kier molecular flexibility index (Phi) is 7.59. The van der Waals surface area contributed by atoms with Crippen LogP contribution in [0.1, 0.15) is 51.6 Å². The standard InChI is InChI=1S/C23H21F6N7O3/c1-12-9-35(10-13(2)39-12)21(38)17-6-31-18(7-30-17)36-19(33-11-34-36)8-32-20(37)14-3-15(22(24,25)26)5-16(4-14)23(27,28)29/h3-7,11-13H,8-10H2,1-2H3,(H,32,37)/t12-,13+. The lowest BCUT2D eigenvalue weighted by atomic mass is 10.0. The van der Waals surface area contributed by atoms with Crippen molar-refractivity contribution >= 4 is 11.8 Å². The van der Waals surface area contributed by atoms with Crippen molar-refractivity contribution in [2.45, 2.75) is 45.0 Å². The van der Waals surface area contributed by atoms with Crippen molar-refractivity contribution in [1.29, 1.82) is 0 Å². The second-order valence-corrected chi connectivity index (χ2v) is 8.79. The Morgan fingerprint density at radius 2 is 1.56 bits per heavy atom. The summed E-state index contributed by atoms with van der Waals surface area (Å²) in [5, 5.41) is 6.19. The number of benzene rings is 1. The summed E-state index contributed by atoms with van der Waals surface area (Å²) in [4.78, 5) is 39.1. The lowest BCUT2D eigenvalue weighted by Crippen LogP contribution is -2.48. The molecular formula is C23H21F6N7O3. The van der Waals surface area contributed by atoms with E-state index in [0.717, 1.165) is 11.0 Å². The molecule has 10 nitrogen and oxygen atoms in total. The molecule has 1 fully saturated rings. The molecule has 0 bridgehead atoms. The number of morpholine rings is 1. The van der Waals surface area contributed by atoms with Crippen molar-refractivity contribution in [3.63, 3.8) is 0 Å². The minimum Gasteiger partial charge on any atom is -0.372 e. The molecule has 2 amide bonds. The summed E-state index contributed by atoms with van der Waals surface area (Å²) in [6.07, 6.45) is -6.91. The minimum absolute atomic E-state index is 0.0515. The second-order valence-electron chi connectivity index (χ2n) is 8.79. The van der Waals surface area contributed by atoms with Crippen LogP contribution in [0.25, 0.3) is 5.82 Å². The number of halogens is 6. The van der Waals surface area contributed by atoms with E-state index >= 15 is 0 Å². The molecule has 1 saturated heterocycles. The molecule has 3 heterocycles. The SMILES string of the molecule is C[C@@H]1CN(C(=O)c2cnc(-n3ncnc3CNC(=O)c3cc(C(F)(F)F)cc(C(F)(F)F)c3)cn2)C[C@H](C)O1. The van der Waals surface area contributed by atoms with E-state index in [1.807, 2.05) is 13.8 Å². The van der Waals surface area contributed by atoms with Gasteiger partial charge in [-0.05, 0) is 32.0 Å². The largest absolute Gasteiger partial charge is 0.416 e. The van der Waals surface area contributed by atoms with Gasteiger partial charge in [0.25, 0.3) is 11.8 Å². The average Bonchev–Trinajstić information content (AvgIpc) is 3.33. The first-order valence-electron chi connectivity index (χ1n) is 11.5. The molecule has 0 saturated carbocycles. The molecule has 0 radical (unpaired) electrons. The third-order valence-corrected chi connectivity index (χ3v) is 5.66. The number of nitrogens with zero attached hydrogens (tertiary/aromatic N) is 6. The first-order valence-corrected chi connectivity index (χ1v) is 11.5. The van der Waals surface area contributed by atoms with Crippen molar-refractivity contribution in [3.8, 4) is 5.82 Å². The van der Waals surface area contributed by atoms with Crippen LogP contribution >= 0.6 is 0 Å². The van der Waals surface area contributed by atoms with E-state index in [9.17, 15) is 35.9 Å². The Bertz CT molecular complexity index is 1320. The first kappa shape index (κ1) is 27.9. The fourth-order valence-electron chi connectivity index (χ4n) is 3.97. The molecule has 39 heavy (non-hydrogen) atoms. The average molecular weight is 557 g/mol. The van der Waals surface area contributed by atoms with Crippen molar-refractivity contribution in [2.75, 3.05) is 13.1 Å². The van der Waals surface area contributed by atoms with Gasteiger partial charge in [-0.3, -0.25) is 9.59 Å². The van der Waals surface area contributed by atoms with Gasteiger partial charge < -0.3 is 15.0 Å². The molecule has 16 heteroatoms. The molecule has 0 aliphatic carbocycles. The van der Waals surface area contributed by atoms with Crippen LogP contribution in [0.4, 0.5) is 26.3 Å². The van der Waals surface area contributed by atoms with Gasteiger partial charge in [-0.25, -0.2) is 15.0 Å². The molecule has 4 rings (SSSR count). The third-order valence-electron chi connectivity index (χ3n) is 5.66. The molecule has 3 aromatic rings. The molecule has 1 aliphatic heterocycles. The number of carbonyl (C=O) groups excluding carboxylic acids is 2. The van der Waals surface area contributed by atoms with Crippen LogP contribution in [0.15, 0.2) is 36.9 Å². The Hall–Kier alpha value is -4.08. The zero-order valence-corrected chi connectivity index (χ0v) is 20.4.